The van der Waals surface area contributed by atoms with E-state index in [4.69, 9.17) is 34.4 Å². The van der Waals surface area contributed by atoms with Crippen LogP contribution in [0.1, 0.15) is 119 Å². The summed E-state index contributed by atoms with van der Waals surface area (Å²) >= 11 is 0. The molecule has 5 aromatic rings. The van der Waals surface area contributed by atoms with Crippen molar-refractivity contribution in [2.45, 2.75) is 148 Å². The Morgan fingerprint density at radius 1 is 0.448 bits per heavy atom. The number of nitrogens with two attached hydrogens (primary N) is 6. The van der Waals surface area contributed by atoms with Gasteiger partial charge in [0.2, 0.25) is 47.3 Å². The molecule has 0 aliphatic carbocycles. The van der Waals surface area contributed by atoms with Gasteiger partial charge in [-0.3, -0.25) is 38.4 Å². The van der Waals surface area contributed by atoms with Gasteiger partial charge in [0.05, 0.1) is 25.7 Å². The van der Waals surface area contributed by atoms with Crippen molar-refractivity contribution in [3.05, 3.63) is 131 Å². The molecular formula is C66H95N13O8. The van der Waals surface area contributed by atoms with Crippen LogP contribution in [0.3, 0.4) is 0 Å². The zero-order valence-electron chi connectivity index (χ0n) is 51.1. The van der Waals surface area contributed by atoms with Gasteiger partial charge in [-0.25, -0.2) is 0 Å². The molecule has 0 unspecified atom stereocenters. The van der Waals surface area contributed by atoms with Gasteiger partial charge in [-0.15, -0.1) is 0 Å². The SMILES string of the molecule is CCCCN(CC(N)=O)C(=O)[C@H](CCCCN)NC(=O)CN(Cc1cccc2ccccc12)C(=O)[C@H](CCCCN)NC(=O)CN(Cc1ccc(C)cc1)C(=O)CN(Cc1cccc2ccccc12)C(=O)[C@H](CCCCN)NC(=O)[C@@H](N)CCCCN. The van der Waals surface area contributed by atoms with E-state index in [0.717, 1.165) is 39.1 Å². The fourth-order valence-electron chi connectivity index (χ4n) is 10.6. The minimum absolute atomic E-state index is 0.0345. The zero-order chi connectivity index (χ0) is 63.1. The van der Waals surface area contributed by atoms with Crippen LogP contribution in [0.4, 0.5) is 0 Å². The Balaban J connectivity index is 1.52. The van der Waals surface area contributed by atoms with E-state index in [1.165, 1.54) is 19.6 Å². The third-order valence-corrected chi connectivity index (χ3v) is 15.4. The summed E-state index contributed by atoms with van der Waals surface area (Å²) < 4.78 is 0. The van der Waals surface area contributed by atoms with Gasteiger partial charge in [0.15, 0.2) is 0 Å². The lowest BCUT2D eigenvalue weighted by Crippen LogP contribution is -2.56. The Morgan fingerprint density at radius 2 is 0.874 bits per heavy atom. The molecule has 0 aliphatic rings. The first-order valence-electron chi connectivity index (χ1n) is 30.9. The van der Waals surface area contributed by atoms with Crippen molar-refractivity contribution in [3.8, 4) is 0 Å². The third-order valence-electron chi connectivity index (χ3n) is 15.4. The number of amides is 8. The van der Waals surface area contributed by atoms with Crippen molar-refractivity contribution in [3.63, 3.8) is 0 Å². The molecule has 0 saturated carbocycles. The van der Waals surface area contributed by atoms with Crippen LogP contribution < -0.4 is 50.4 Å². The Labute approximate surface area is 513 Å². The summed E-state index contributed by atoms with van der Waals surface area (Å²) in [6, 6.07) is 29.8. The third kappa shape index (κ3) is 23.1. The Kier molecular flexibility index (Phi) is 30.3. The number of primary amides is 1. The van der Waals surface area contributed by atoms with Crippen molar-refractivity contribution in [1.82, 2.24) is 35.6 Å². The van der Waals surface area contributed by atoms with Crippen molar-refractivity contribution >= 4 is 68.8 Å². The number of carbonyl (C=O) groups excluding carboxylic acids is 8. The summed E-state index contributed by atoms with van der Waals surface area (Å²) in [5.41, 5.74) is 38.5. The van der Waals surface area contributed by atoms with E-state index in [-0.39, 0.29) is 52.0 Å². The molecule has 5 aromatic carbocycles. The van der Waals surface area contributed by atoms with E-state index in [1.807, 2.05) is 123 Å². The van der Waals surface area contributed by atoms with Crippen molar-refractivity contribution in [2.24, 2.45) is 34.4 Å². The van der Waals surface area contributed by atoms with Gasteiger partial charge in [-0.1, -0.05) is 135 Å². The molecule has 0 heterocycles. The van der Waals surface area contributed by atoms with Crippen LogP contribution in [0.25, 0.3) is 21.5 Å². The molecule has 0 aromatic heterocycles. The van der Waals surface area contributed by atoms with Crippen LogP contribution in [0.5, 0.6) is 0 Å². The van der Waals surface area contributed by atoms with E-state index < -0.39 is 91.1 Å². The summed E-state index contributed by atoms with van der Waals surface area (Å²) in [6.45, 7) is 3.50. The number of hydrogen-bond acceptors (Lipinski definition) is 13. The van der Waals surface area contributed by atoms with E-state index in [2.05, 4.69) is 16.0 Å². The highest BCUT2D eigenvalue weighted by atomic mass is 16.2. The van der Waals surface area contributed by atoms with Crippen molar-refractivity contribution in [1.29, 1.82) is 0 Å². The smallest absolute Gasteiger partial charge is 0.245 e. The number of aryl methyl sites for hydroxylation is 1. The van der Waals surface area contributed by atoms with Crippen molar-refractivity contribution in [2.75, 3.05) is 58.9 Å². The second-order valence-electron chi connectivity index (χ2n) is 22.5. The van der Waals surface area contributed by atoms with Gasteiger partial charge in [-0.05, 0) is 148 Å². The lowest BCUT2D eigenvalue weighted by Gasteiger charge is -2.32. The predicted octanol–water partition coefficient (Wildman–Crippen LogP) is 4.10. The maximum Gasteiger partial charge on any atom is 0.245 e. The van der Waals surface area contributed by atoms with Crippen LogP contribution >= 0.6 is 0 Å². The normalized spacial score (nSPS) is 12.6. The maximum absolute atomic E-state index is 15.4. The van der Waals surface area contributed by atoms with E-state index in [1.54, 1.807) is 0 Å². The fourth-order valence-corrected chi connectivity index (χ4v) is 10.6. The molecule has 0 radical (unpaired) electrons. The molecule has 0 spiro atoms. The second kappa shape index (κ2) is 37.7. The second-order valence-corrected chi connectivity index (χ2v) is 22.5. The summed E-state index contributed by atoms with van der Waals surface area (Å²) in [5, 5.41) is 12.2. The average molecular weight is 1200 g/mol. The molecule has 5 rings (SSSR count). The van der Waals surface area contributed by atoms with Gasteiger partial charge in [-0.2, -0.15) is 0 Å². The lowest BCUT2D eigenvalue weighted by molar-refractivity contribution is -0.145. The number of carbonyl (C=O) groups is 8. The number of nitrogens with zero attached hydrogens (tertiary/aromatic N) is 4. The van der Waals surface area contributed by atoms with Crippen LogP contribution in [0.15, 0.2) is 109 Å². The molecule has 0 fully saturated rings. The predicted molar refractivity (Wildman–Crippen MR) is 341 cm³/mol. The van der Waals surface area contributed by atoms with Gasteiger partial charge >= 0.3 is 0 Å². The molecule has 8 amide bonds. The van der Waals surface area contributed by atoms with Gasteiger partial charge in [0, 0.05) is 26.2 Å². The minimum atomic E-state index is -1.23. The number of unbranched alkanes of at least 4 members (excludes halogenated alkanes) is 5. The maximum atomic E-state index is 15.4. The molecule has 0 saturated heterocycles. The fraction of sp³-hybridized carbons (Fsp3) is 0.485. The number of rotatable bonds is 40. The molecule has 0 aliphatic heterocycles. The Morgan fingerprint density at radius 3 is 1.34 bits per heavy atom. The minimum Gasteiger partial charge on any atom is -0.368 e. The summed E-state index contributed by atoms with van der Waals surface area (Å²) in [5.74, 6) is -4.76. The highest BCUT2D eigenvalue weighted by Crippen LogP contribution is 2.24. The Bertz CT molecular complexity index is 3010. The molecule has 21 nitrogen and oxygen atoms in total. The monoisotopic (exact) mass is 1200 g/mol. The zero-order valence-corrected chi connectivity index (χ0v) is 51.1. The van der Waals surface area contributed by atoms with E-state index in [9.17, 15) is 24.0 Å². The summed E-state index contributed by atoms with van der Waals surface area (Å²) in [7, 11) is 0. The topological polar surface area (TPSA) is 342 Å². The molecule has 21 heteroatoms. The summed E-state index contributed by atoms with van der Waals surface area (Å²) in [6.07, 6.45) is 6.55. The summed E-state index contributed by atoms with van der Waals surface area (Å²) in [4.78, 5) is 121. The lowest BCUT2D eigenvalue weighted by atomic mass is 10.0. The molecule has 15 N–H and O–H groups in total. The number of fused-ring (bicyclic) bond motifs is 2. The molecular weight excluding hydrogens is 1100 g/mol. The highest BCUT2D eigenvalue weighted by Gasteiger charge is 2.34. The molecule has 4 atom stereocenters. The quantitative estimate of drug-likeness (QED) is 0.0250. The Hall–Kier alpha value is -7.82. The number of nitrogens with one attached hydrogen (secondary N) is 3. The standard InChI is InChI=1S/C66H95N13O8/c1-3-4-39-76(43-59(72)80)64(85)56(28-10-14-36-68)73-61(82)45-78(41-51-23-17-21-49-19-5-7-25-53(49)51)65(86)57(29-11-15-37-69)74-60(81)44-77(40-48-33-31-47(2)32-34-48)62(83)46-79(42-52-24-18-22-50-20-6-8-26-54(50)52)66(87)58(30-12-16-38-70)75-63(84)55(71)27-9-13-35-67/h5-8,17-26,31-34,55-58H,3-4,9-16,27-30,35-46,67-71H2,1-2H3,(H2,72,80)(H,73,82)(H,74,81)(H,75,84)/t55-,56-,57-,58-/m0/s1. The highest BCUT2D eigenvalue weighted by molar-refractivity contribution is 5.96. The van der Waals surface area contributed by atoms with Crippen LogP contribution in [0, 0.1) is 6.92 Å². The van der Waals surface area contributed by atoms with Crippen LogP contribution in [-0.2, 0) is 58.0 Å². The van der Waals surface area contributed by atoms with Gasteiger partial charge in [0.25, 0.3) is 0 Å². The molecule has 0 bridgehead atoms. The largest absolute Gasteiger partial charge is 0.368 e. The van der Waals surface area contributed by atoms with Crippen LogP contribution in [-0.4, -0.2) is 150 Å². The van der Waals surface area contributed by atoms with Gasteiger partial charge in [0.1, 0.15) is 24.7 Å². The van der Waals surface area contributed by atoms with E-state index >= 15 is 14.4 Å². The first-order chi connectivity index (χ1) is 42.0. The first-order valence-corrected chi connectivity index (χ1v) is 30.9. The van der Waals surface area contributed by atoms with Gasteiger partial charge < -0.3 is 70.0 Å². The van der Waals surface area contributed by atoms with Crippen molar-refractivity contribution < 1.29 is 38.4 Å². The first kappa shape index (κ1) is 69.9. The van der Waals surface area contributed by atoms with E-state index in [0.29, 0.717) is 102 Å². The van der Waals surface area contributed by atoms with Crippen LogP contribution in [0.2, 0.25) is 0 Å². The number of benzene rings is 5. The number of hydrogen-bond donors (Lipinski definition) is 9. The molecule has 87 heavy (non-hydrogen) atoms. The molecule has 472 valence electrons. The average Bonchev–Trinajstić information content (AvgIpc) is 3.71.